The molecule has 0 bridgehead atoms. The summed E-state index contributed by atoms with van der Waals surface area (Å²) in [4.78, 5) is 12.0. The maximum atomic E-state index is 12.0. The number of phenols is 1. The predicted octanol–water partition coefficient (Wildman–Crippen LogP) is 3.79. The molecule has 0 amide bonds. The minimum atomic E-state index is -0.869. The first-order valence-corrected chi connectivity index (χ1v) is 6.18. The number of rotatable bonds is 2. The Kier molecular flexibility index (Phi) is 4.14. The summed E-state index contributed by atoms with van der Waals surface area (Å²) in [5, 5.41) is 18.9. The lowest BCUT2D eigenvalue weighted by atomic mass is 10.2. The second kappa shape index (κ2) is 5.83. The summed E-state index contributed by atoms with van der Waals surface area (Å²) in [6.07, 6.45) is 0. The van der Waals surface area contributed by atoms with Gasteiger partial charge in [-0.3, -0.25) is 0 Å². The molecule has 0 spiro atoms. The Morgan fingerprint density at radius 3 is 2.45 bits per heavy atom. The van der Waals surface area contributed by atoms with Crippen LogP contribution < -0.4 is 4.74 Å². The minimum Gasteiger partial charge on any atom is -0.507 e. The molecule has 2 aromatic carbocycles. The predicted molar refractivity (Wildman–Crippen MR) is 74.2 cm³/mol. The van der Waals surface area contributed by atoms with Gasteiger partial charge in [-0.1, -0.05) is 35.3 Å². The van der Waals surface area contributed by atoms with E-state index in [4.69, 9.17) is 33.2 Å². The van der Waals surface area contributed by atoms with Crippen molar-refractivity contribution in [1.29, 1.82) is 5.26 Å². The monoisotopic (exact) mass is 307 g/mol. The fourth-order valence-corrected chi connectivity index (χ4v) is 2.02. The maximum absolute atomic E-state index is 12.0. The van der Waals surface area contributed by atoms with Crippen molar-refractivity contribution >= 4 is 29.2 Å². The van der Waals surface area contributed by atoms with Crippen molar-refractivity contribution in [2.75, 3.05) is 0 Å². The van der Waals surface area contributed by atoms with Gasteiger partial charge < -0.3 is 9.84 Å². The summed E-state index contributed by atoms with van der Waals surface area (Å²) in [5.41, 5.74) is -0.132. The maximum Gasteiger partial charge on any atom is 0.348 e. The van der Waals surface area contributed by atoms with E-state index in [2.05, 4.69) is 0 Å². The molecule has 6 heteroatoms. The zero-order valence-electron chi connectivity index (χ0n) is 9.93. The first-order chi connectivity index (χ1) is 9.54. The Morgan fingerprint density at radius 2 is 1.80 bits per heavy atom. The molecule has 2 rings (SSSR count). The quantitative estimate of drug-likeness (QED) is 0.677. The number of benzene rings is 2. The van der Waals surface area contributed by atoms with E-state index in [9.17, 15) is 9.90 Å². The highest BCUT2D eigenvalue weighted by atomic mass is 35.5. The van der Waals surface area contributed by atoms with Gasteiger partial charge in [0.25, 0.3) is 0 Å². The van der Waals surface area contributed by atoms with Gasteiger partial charge in [-0.25, -0.2) is 4.79 Å². The molecule has 0 fully saturated rings. The number of carbonyl (C=O) groups excluding carboxylic acids is 1. The number of nitriles is 1. The summed E-state index contributed by atoms with van der Waals surface area (Å²) in [7, 11) is 0. The van der Waals surface area contributed by atoms with Crippen molar-refractivity contribution in [3.05, 3.63) is 57.6 Å². The molecule has 0 atom stereocenters. The van der Waals surface area contributed by atoms with Crippen molar-refractivity contribution in [2.45, 2.75) is 0 Å². The number of nitrogens with zero attached hydrogens (tertiary/aromatic N) is 1. The van der Waals surface area contributed by atoms with Gasteiger partial charge in [0.1, 0.15) is 22.9 Å². The van der Waals surface area contributed by atoms with Gasteiger partial charge in [-0.05, 0) is 24.3 Å². The lowest BCUT2D eigenvalue weighted by Gasteiger charge is -2.09. The van der Waals surface area contributed by atoms with E-state index in [1.54, 1.807) is 0 Å². The average Bonchev–Trinajstić information content (AvgIpc) is 2.38. The van der Waals surface area contributed by atoms with E-state index < -0.39 is 5.97 Å². The van der Waals surface area contributed by atoms with Gasteiger partial charge in [0.15, 0.2) is 5.75 Å². The second-order valence-electron chi connectivity index (χ2n) is 3.75. The number of esters is 1. The average molecular weight is 308 g/mol. The zero-order chi connectivity index (χ0) is 14.7. The highest BCUT2D eigenvalue weighted by molar-refractivity contribution is 6.34. The Hall–Kier alpha value is -2.22. The van der Waals surface area contributed by atoms with Crippen LogP contribution in [0.15, 0.2) is 36.4 Å². The third kappa shape index (κ3) is 2.69. The third-order valence-electron chi connectivity index (χ3n) is 2.49. The van der Waals surface area contributed by atoms with Crippen LogP contribution in [0.5, 0.6) is 11.5 Å². The first-order valence-electron chi connectivity index (χ1n) is 5.43. The van der Waals surface area contributed by atoms with Crippen molar-refractivity contribution in [3.63, 3.8) is 0 Å². The summed E-state index contributed by atoms with van der Waals surface area (Å²) >= 11 is 11.7. The Bertz CT molecular complexity index is 703. The number of halogens is 2. The van der Waals surface area contributed by atoms with Crippen LogP contribution in [0.25, 0.3) is 0 Å². The van der Waals surface area contributed by atoms with Crippen molar-refractivity contribution < 1.29 is 14.6 Å². The van der Waals surface area contributed by atoms with Crippen LogP contribution in [-0.4, -0.2) is 11.1 Å². The van der Waals surface area contributed by atoms with Crippen molar-refractivity contribution in [3.8, 4) is 17.6 Å². The molecule has 100 valence electrons. The van der Waals surface area contributed by atoms with Gasteiger partial charge in [-0.15, -0.1) is 0 Å². The topological polar surface area (TPSA) is 70.3 Å². The van der Waals surface area contributed by atoms with Gasteiger partial charge in [0, 0.05) is 0 Å². The van der Waals surface area contributed by atoms with Crippen LogP contribution in [0, 0.1) is 11.3 Å². The third-order valence-corrected chi connectivity index (χ3v) is 3.12. The molecule has 20 heavy (non-hydrogen) atoms. The molecule has 1 N–H and O–H groups in total. The first kappa shape index (κ1) is 14.2. The van der Waals surface area contributed by atoms with Gasteiger partial charge in [0.05, 0.1) is 10.0 Å². The Labute approximate surface area is 124 Å². The van der Waals surface area contributed by atoms with E-state index in [1.165, 1.54) is 36.4 Å². The van der Waals surface area contributed by atoms with Crippen LogP contribution in [0.4, 0.5) is 0 Å². The number of hydrogen-bond acceptors (Lipinski definition) is 4. The molecule has 0 aromatic heterocycles. The normalized spacial score (nSPS) is 9.85. The van der Waals surface area contributed by atoms with Crippen molar-refractivity contribution in [2.24, 2.45) is 0 Å². The van der Waals surface area contributed by atoms with Crippen LogP contribution >= 0.6 is 23.2 Å². The fourth-order valence-electron chi connectivity index (χ4n) is 1.56. The summed E-state index contributed by atoms with van der Waals surface area (Å²) in [6.45, 7) is 0. The molecule has 0 saturated heterocycles. The number of phenolic OH excluding ortho intramolecular Hbond substituents is 1. The zero-order valence-corrected chi connectivity index (χ0v) is 11.4. The molecular formula is C14H7Cl2NO3. The van der Waals surface area contributed by atoms with Crippen LogP contribution in [0.2, 0.25) is 10.0 Å². The molecule has 0 heterocycles. The van der Waals surface area contributed by atoms with Crippen LogP contribution in [0.3, 0.4) is 0 Å². The number of aromatic hydroxyl groups is 1. The Balaban J connectivity index is 2.39. The summed E-state index contributed by atoms with van der Waals surface area (Å²) < 4.78 is 5.07. The molecule has 0 aliphatic rings. The molecule has 0 unspecified atom stereocenters. The second-order valence-corrected chi connectivity index (χ2v) is 4.56. The van der Waals surface area contributed by atoms with Crippen LogP contribution in [0.1, 0.15) is 15.9 Å². The lowest BCUT2D eigenvalue weighted by molar-refractivity contribution is 0.0731. The van der Waals surface area contributed by atoms with Gasteiger partial charge in [-0.2, -0.15) is 5.26 Å². The van der Waals surface area contributed by atoms with Crippen LogP contribution in [-0.2, 0) is 0 Å². The minimum absolute atomic E-state index is 0.00400. The molecule has 0 aliphatic heterocycles. The number of carbonyl (C=O) groups is 1. The number of hydrogen-bond donors (Lipinski definition) is 1. The van der Waals surface area contributed by atoms with E-state index >= 15 is 0 Å². The molecule has 2 aromatic rings. The standard InChI is InChI=1S/C14H7Cl2NO3/c15-9-3-2-6-12(8(9)7-17)20-14(19)13-10(16)4-1-5-11(13)18/h1-6,18H. The van der Waals surface area contributed by atoms with E-state index in [0.717, 1.165) is 0 Å². The van der Waals surface area contributed by atoms with Crippen molar-refractivity contribution in [1.82, 2.24) is 0 Å². The van der Waals surface area contributed by atoms with Gasteiger partial charge >= 0.3 is 5.97 Å². The largest absolute Gasteiger partial charge is 0.507 e. The van der Waals surface area contributed by atoms with Gasteiger partial charge in [0.2, 0.25) is 0 Å². The Morgan fingerprint density at radius 1 is 1.15 bits per heavy atom. The van der Waals surface area contributed by atoms with E-state index in [1.807, 2.05) is 6.07 Å². The lowest BCUT2D eigenvalue weighted by Crippen LogP contribution is -2.10. The summed E-state index contributed by atoms with van der Waals surface area (Å²) in [6, 6.07) is 10.6. The molecule has 0 saturated carbocycles. The number of ether oxygens (including phenoxy) is 1. The fraction of sp³-hybridized carbons (Fsp3) is 0. The molecule has 4 nitrogen and oxygen atoms in total. The highest BCUT2D eigenvalue weighted by Crippen LogP contribution is 2.29. The molecule has 0 aliphatic carbocycles. The molecular weight excluding hydrogens is 301 g/mol. The van der Waals surface area contributed by atoms with E-state index in [-0.39, 0.29) is 32.7 Å². The SMILES string of the molecule is N#Cc1c(Cl)cccc1OC(=O)c1c(O)cccc1Cl. The molecule has 0 radical (unpaired) electrons. The summed E-state index contributed by atoms with van der Waals surface area (Å²) in [5.74, 6) is -1.17. The highest BCUT2D eigenvalue weighted by Gasteiger charge is 2.19. The van der Waals surface area contributed by atoms with E-state index in [0.29, 0.717) is 0 Å². The smallest absolute Gasteiger partial charge is 0.348 e.